The SMILES string of the molecule is COc1cc2nn(C3CCN(C(=O)C4CCN(Cc5ccc6c(c5)C(=O)N(C5CCC(=O)NC5=O)C6=O)CC4)CC3)cc2cc1NC(=O)c1cccc(C(F)(F)F)n1. The molecular weight excluding hydrogens is 761 g/mol. The molecule has 4 aliphatic rings. The number of methoxy groups -OCH3 is 1. The summed E-state index contributed by atoms with van der Waals surface area (Å²) in [5.74, 6) is -2.70. The number of amides is 6. The first-order valence-corrected chi connectivity index (χ1v) is 19.1. The van der Waals surface area contributed by atoms with Crippen LogP contribution >= 0.6 is 0 Å². The van der Waals surface area contributed by atoms with Crippen LogP contribution in [0.15, 0.2) is 54.7 Å². The smallest absolute Gasteiger partial charge is 0.433 e. The Morgan fingerprint density at radius 3 is 2.36 bits per heavy atom. The lowest BCUT2D eigenvalue weighted by Gasteiger charge is -2.37. The van der Waals surface area contributed by atoms with Gasteiger partial charge in [0.2, 0.25) is 17.7 Å². The number of alkyl halides is 3. The molecule has 3 saturated heterocycles. The van der Waals surface area contributed by atoms with Gasteiger partial charge in [0.1, 0.15) is 23.2 Å². The van der Waals surface area contributed by atoms with Crippen LogP contribution in [-0.4, -0.2) is 104 Å². The van der Waals surface area contributed by atoms with Crippen LogP contribution in [0, 0.1) is 5.92 Å². The van der Waals surface area contributed by atoms with E-state index in [2.05, 4.69) is 20.5 Å². The Labute approximate surface area is 329 Å². The summed E-state index contributed by atoms with van der Waals surface area (Å²) < 4.78 is 46.8. The maximum absolute atomic E-state index is 13.6. The second kappa shape index (κ2) is 15.3. The van der Waals surface area contributed by atoms with Crippen LogP contribution in [0.1, 0.15) is 87.0 Å². The van der Waals surface area contributed by atoms with Gasteiger partial charge in [0, 0.05) is 49.6 Å². The van der Waals surface area contributed by atoms with Crippen molar-refractivity contribution in [1.29, 1.82) is 0 Å². The van der Waals surface area contributed by atoms with E-state index in [1.807, 2.05) is 15.8 Å². The number of fused-ring (bicyclic) bond motifs is 2. The molecule has 8 rings (SSSR count). The topological polar surface area (TPSA) is 176 Å². The number of imide groups is 2. The van der Waals surface area contributed by atoms with E-state index in [9.17, 15) is 41.9 Å². The summed E-state index contributed by atoms with van der Waals surface area (Å²) >= 11 is 0. The highest BCUT2D eigenvalue weighted by Crippen LogP contribution is 2.34. The van der Waals surface area contributed by atoms with Gasteiger partial charge in [-0.25, -0.2) is 4.98 Å². The van der Waals surface area contributed by atoms with E-state index >= 15 is 0 Å². The number of hydrogen-bond donors (Lipinski definition) is 2. The standard InChI is InChI=1S/C40H39F3N8O7/c1-58-32-19-29-24(18-30(32)45-35(53)28-3-2-4-33(44-28)40(41,42)43)21-50(47-29)25-11-15-49(16-12-25)37(55)23-9-13-48(14-10-23)20-22-5-6-26-27(17-22)39(57)51(38(26)56)31-7-8-34(52)46-36(31)54/h2-6,17-19,21,23,25,31H,7-16,20H2,1H3,(H,45,53)(H,46,52,54). The van der Waals surface area contributed by atoms with Crippen molar-refractivity contribution in [3.05, 3.63) is 82.8 Å². The van der Waals surface area contributed by atoms with Crippen LogP contribution in [0.25, 0.3) is 10.9 Å². The third-order valence-electron chi connectivity index (χ3n) is 11.4. The minimum absolute atomic E-state index is 0.0160. The zero-order valence-corrected chi connectivity index (χ0v) is 31.4. The van der Waals surface area contributed by atoms with Crippen LogP contribution < -0.4 is 15.4 Å². The van der Waals surface area contributed by atoms with Crippen molar-refractivity contribution in [3.63, 3.8) is 0 Å². The van der Waals surface area contributed by atoms with Gasteiger partial charge in [0.05, 0.1) is 35.5 Å². The monoisotopic (exact) mass is 800 g/mol. The minimum atomic E-state index is -4.70. The number of carbonyl (C=O) groups is 6. The summed E-state index contributed by atoms with van der Waals surface area (Å²) in [4.78, 5) is 85.4. The van der Waals surface area contributed by atoms with E-state index in [1.54, 1.807) is 30.3 Å². The van der Waals surface area contributed by atoms with Crippen molar-refractivity contribution >= 4 is 52.0 Å². The van der Waals surface area contributed by atoms with Crippen LogP contribution in [0.3, 0.4) is 0 Å². The number of nitrogens with zero attached hydrogens (tertiary/aromatic N) is 6. The Morgan fingerprint density at radius 2 is 1.66 bits per heavy atom. The Balaban J connectivity index is 0.837. The third kappa shape index (κ3) is 7.50. The Kier molecular flexibility index (Phi) is 10.2. The van der Waals surface area contributed by atoms with Gasteiger partial charge in [0.15, 0.2) is 0 Å². The predicted molar refractivity (Wildman–Crippen MR) is 199 cm³/mol. The fraction of sp³-hybridized carbons (Fsp3) is 0.400. The van der Waals surface area contributed by atoms with Gasteiger partial charge in [0.25, 0.3) is 17.7 Å². The largest absolute Gasteiger partial charge is 0.494 e. The van der Waals surface area contributed by atoms with Gasteiger partial charge in [-0.15, -0.1) is 0 Å². The molecule has 4 aliphatic heterocycles. The molecule has 2 N–H and O–H groups in total. The molecule has 6 amide bonds. The first-order chi connectivity index (χ1) is 27.8. The lowest BCUT2D eigenvalue weighted by atomic mass is 9.93. The number of likely N-dealkylation sites (tertiary alicyclic amines) is 2. The van der Waals surface area contributed by atoms with E-state index in [1.165, 1.54) is 13.2 Å². The predicted octanol–water partition coefficient (Wildman–Crippen LogP) is 4.19. The van der Waals surface area contributed by atoms with Crippen LogP contribution in [-0.2, 0) is 27.1 Å². The summed E-state index contributed by atoms with van der Waals surface area (Å²) in [7, 11) is 1.41. The Bertz CT molecular complexity index is 2350. The summed E-state index contributed by atoms with van der Waals surface area (Å²) in [6.45, 7) is 3.02. The molecule has 0 spiro atoms. The summed E-state index contributed by atoms with van der Waals surface area (Å²) in [5.41, 5.74) is 0.613. The van der Waals surface area contributed by atoms with Crippen molar-refractivity contribution in [1.82, 2.24) is 34.8 Å². The van der Waals surface area contributed by atoms with E-state index in [0.717, 1.165) is 22.6 Å². The highest BCUT2D eigenvalue weighted by molar-refractivity contribution is 6.23. The zero-order valence-electron chi connectivity index (χ0n) is 31.4. The maximum Gasteiger partial charge on any atom is 0.433 e. The number of ether oxygens (including phenoxy) is 1. The van der Waals surface area contributed by atoms with E-state index < -0.39 is 53.1 Å². The molecule has 6 heterocycles. The number of rotatable bonds is 8. The number of nitrogens with one attached hydrogen (secondary N) is 2. The molecular formula is C40H39F3N8O7. The average Bonchev–Trinajstić information content (AvgIpc) is 3.74. The van der Waals surface area contributed by atoms with Gasteiger partial charge < -0.3 is 15.0 Å². The van der Waals surface area contributed by atoms with E-state index in [-0.39, 0.29) is 53.3 Å². The van der Waals surface area contributed by atoms with Gasteiger partial charge in [-0.1, -0.05) is 12.1 Å². The molecule has 0 radical (unpaired) electrons. The normalized spacial score (nSPS) is 19.8. The molecule has 0 aliphatic carbocycles. The van der Waals surface area contributed by atoms with Crippen LogP contribution in [0.5, 0.6) is 5.75 Å². The molecule has 0 saturated carbocycles. The molecule has 1 unspecified atom stereocenters. The fourth-order valence-corrected chi connectivity index (χ4v) is 8.25. The average molecular weight is 801 g/mol. The fourth-order valence-electron chi connectivity index (χ4n) is 8.25. The molecule has 1 atom stereocenters. The number of halogens is 3. The van der Waals surface area contributed by atoms with Crippen molar-refractivity contribution in [2.45, 2.75) is 63.3 Å². The first-order valence-electron chi connectivity index (χ1n) is 19.1. The number of pyridine rings is 1. The Morgan fingerprint density at radius 1 is 0.914 bits per heavy atom. The first kappa shape index (κ1) is 38.7. The second-order valence-electron chi connectivity index (χ2n) is 15.0. The molecule has 0 bridgehead atoms. The number of carbonyl (C=O) groups excluding carboxylic acids is 6. The van der Waals surface area contributed by atoms with Gasteiger partial charge >= 0.3 is 6.18 Å². The van der Waals surface area contributed by atoms with E-state index in [4.69, 9.17) is 9.84 Å². The molecule has 58 heavy (non-hydrogen) atoms. The van der Waals surface area contributed by atoms with Gasteiger partial charge in [-0.2, -0.15) is 18.3 Å². The van der Waals surface area contributed by atoms with Crippen LogP contribution in [0.2, 0.25) is 0 Å². The zero-order chi connectivity index (χ0) is 40.9. The number of hydrogen-bond acceptors (Lipinski definition) is 10. The second-order valence-corrected chi connectivity index (χ2v) is 15.0. The van der Waals surface area contributed by atoms with Gasteiger partial charge in [-0.05, 0) is 81.1 Å². The number of aromatic nitrogens is 3. The third-order valence-corrected chi connectivity index (χ3v) is 11.4. The lowest BCUT2D eigenvalue weighted by molar-refractivity contribution is -0.141. The number of anilines is 1. The highest BCUT2D eigenvalue weighted by atomic mass is 19.4. The molecule has 4 aromatic rings. The quantitative estimate of drug-likeness (QED) is 0.246. The molecule has 3 fully saturated rings. The minimum Gasteiger partial charge on any atom is -0.494 e. The Hall–Kier alpha value is -6.17. The number of piperidine rings is 3. The van der Waals surface area contributed by atoms with Gasteiger partial charge in [-0.3, -0.25) is 48.6 Å². The lowest BCUT2D eigenvalue weighted by Crippen LogP contribution is -2.54. The highest BCUT2D eigenvalue weighted by Gasteiger charge is 2.45. The summed E-state index contributed by atoms with van der Waals surface area (Å²) in [6, 6.07) is 10.5. The summed E-state index contributed by atoms with van der Waals surface area (Å²) in [5, 5.41) is 10.2. The molecule has 2 aromatic heterocycles. The van der Waals surface area contributed by atoms with E-state index in [0.29, 0.717) is 69.3 Å². The molecule has 18 heteroatoms. The summed E-state index contributed by atoms with van der Waals surface area (Å²) in [6.07, 6.45) is 0.0158. The van der Waals surface area contributed by atoms with Crippen LogP contribution in [0.4, 0.5) is 18.9 Å². The number of benzene rings is 2. The van der Waals surface area contributed by atoms with Crippen molar-refractivity contribution in [2.24, 2.45) is 5.92 Å². The van der Waals surface area contributed by atoms with Crippen molar-refractivity contribution in [3.8, 4) is 5.75 Å². The molecule has 15 nitrogen and oxygen atoms in total. The molecule has 2 aromatic carbocycles. The molecule has 302 valence electrons. The van der Waals surface area contributed by atoms with Crippen molar-refractivity contribution < 1.29 is 46.7 Å². The van der Waals surface area contributed by atoms with Crippen molar-refractivity contribution in [2.75, 3.05) is 38.6 Å². The maximum atomic E-state index is 13.6.